The fourth-order valence-electron chi connectivity index (χ4n) is 2.04. The Hall–Kier alpha value is -1.77. The summed E-state index contributed by atoms with van der Waals surface area (Å²) in [6.45, 7) is 6.64. The molecule has 0 spiro atoms. The number of carbonyl (C=O) groups is 1. The maximum Gasteiger partial charge on any atom is 0.241 e. The van der Waals surface area contributed by atoms with Gasteiger partial charge in [0.15, 0.2) is 0 Å². The summed E-state index contributed by atoms with van der Waals surface area (Å²) in [6.07, 6.45) is 7.99. The Balaban J connectivity index is 2.72. The van der Waals surface area contributed by atoms with Crippen molar-refractivity contribution < 1.29 is 4.79 Å². The Morgan fingerprint density at radius 2 is 1.65 bits per heavy atom. The third-order valence-corrected chi connectivity index (χ3v) is 3.26. The zero-order chi connectivity index (χ0) is 14.8. The number of anilines is 1. The molecular weight excluding hydrogens is 248 g/mol. The van der Waals surface area contributed by atoms with Crippen molar-refractivity contribution in [3.8, 4) is 0 Å². The van der Waals surface area contributed by atoms with Gasteiger partial charge in [-0.3, -0.25) is 4.79 Å². The summed E-state index contributed by atoms with van der Waals surface area (Å²) in [7, 11) is 0. The Morgan fingerprint density at radius 1 is 1.10 bits per heavy atom. The third-order valence-electron chi connectivity index (χ3n) is 3.26. The predicted octanol–water partition coefficient (Wildman–Crippen LogP) is 3.59. The van der Waals surface area contributed by atoms with Gasteiger partial charge < -0.3 is 10.6 Å². The van der Waals surface area contributed by atoms with Crippen molar-refractivity contribution >= 4 is 17.7 Å². The molecule has 1 aromatic rings. The molecule has 0 atom stereocenters. The standard InChI is InChI=1S/C17H26N2O/c1-3-5-13-19(14-6-4-2)16-10-7-15(8-11-16)9-12-17(18)20/h7-12H,3-6,13-14H2,1-2H3,(H2,18,20)/b12-9-. The molecule has 0 aliphatic rings. The van der Waals surface area contributed by atoms with E-state index < -0.39 is 5.91 Å². The summed E-state index contributed by atoms with van der Waals surface area (Å²) in [5.41, 5.74) is 7.35. The van der Waals surface area contributed by atoms with Gasteiger partial charge >= 0.3 is 0 Å². The normalized spacial score (nSPS) is 10.9. The van der Waals surface area contributed by atoms with E-state index in [2.05, 4.69) is 30.9 Å². The van der Waals surface area contributed by atoms with E-state index >= 15 is 0 Å². The molecule has 0 saturated heterocycles. The van der Waals surface area contributed by atoms with Crippen LogP contribution in [0.3, 0.4) is 0 Å². The van der Waals surface area contributed by atoms with Crippen LogP contribution >= 0.6 is 0 Å². The molecule has 0 aromatic heterocycles. The quantitative estimate of drug-likeness (QED) is 0.699. The number of amides is 1. The number of carbonyl (C=O) groups excluding carboxylic acids is 1. The van der Waals surface area contributed by atoms with Crippen molar-refractivity contribution in [3.63, 3.8) is 0 Å². The molecule has 0 unspecified atom stereocenters. The topological polar surface area (TPSA) is 46.3 Å². The number of nitrogens with two attached hydrogens (primary N) is 1. The highest BCUT2D eigenvalue weighted by Gasteiger charge is 2.05. The van der Waals surface area contributed by atoms with Crippen LogP contribution < -0.4 is 10.6 Å². The van der Waals surface area contributed by atoms with Crippen LogP contribution in [-0.4, -0.2) is 19.0 Å². The molecule has 2 N–H and O–H groups in total. The summed E-state index contributed by atoms with van der Waals surface area (Å²) in [4.78, 5) is 13.2. The molecule has 3 nitrogen and oxygen atoms in total. The first-order valence-corrected chi connectivity index (χ1v) is 7.50. The first-order valence-electron chi connectivity index (χ1n) is 7.50. The molecule has 20 heavy (non-hydrogen) atoms. The van der Waals surface area contributed by atoms with Gasteiger partial charge in [-0.15, -0.1) is 0 Å². The SMILES string of the molecule is CCCCN(CCCC)c1ccc(/C=C\C(N)=O)cc1. The molecule has 0 radical (unpaired) electrons. The van der Waals surface area contributed by atoms with Gasteiger partial charge in [-0.2, -0.15) is 0 Å². The number of rotatable bonds is 9. The summed E-state index contributed by atoms with van der Waals surface area (Å²) in [6, 6.07) is 8.29. The highest BCUT2D eigenvalue weighted by atomic mass is 16.1. The first kappa shape index (κ1) is 16.3. The van der Waals surface area contributed by atoms with E-state index in [4.69, 9.17) is 5.73 Å². The van der Waals surface area contributed by atoms with Crippen LogP contribution in [0.1, 0.15) is 45.1 Å². The van der Waals surface area contributed by atoms with Crippen molar-refractivity contribution in [2.24, 2.45) is 5.73 Å². The fourth-order valence-corrected chi connectivity index (χ4v) is 2.04. The van der Waals surface area contributed by atoms with Crippen molar-refractivity contribution in [1.29, 1.82) is 0 Å². The zero-order valence-corrected chi connectivity index (χ0v) is 12.6. The van der Waals surface area contributed by atoms with E-state index in [1.165, 1.54) is 37.4 Å². The maximum atomic E-state index is 10.7. The number of nitrogens with zero attached hydrogens (tertiary/aromatic N) is 1. The second-order valence-electron chi connectivity index (χ2n) is 5.02. The van der Waals surface area contributed by atoms with E-state index in [0.29, 0.717) is 0 Å². The van der Waals surface area contributed by atoms with E-state index in [0.717, 1.165) is 18.7 Å². The van der Waals surface area contributed by atoms with Gasteiger partial charge in [0.2, 0.25) is 5.91 Å². The molecule has 0 heterocycles. The van der Waals surface area contributed by atoms with Gasteiger partial charge in [0, 0.05) is 24.9 Å². The minimum absolute atomic E-state index is 0.415. The summed E-state index contributed by atoms with van der Waals surface area (Å²) in [5, 5.41) is 0. The Bertz CT molecular complexity index is 415. The Kier molecular flexibility index (Phi) is 7.48. The van der Waals surface area contributed by atoms with Crippen LogP contribution in [0.25, 0.3) is 6.08 Å². The highest BCUT2D eigenvalue weighted by molar-refractivity contribution is 5.90. The molecule has 0 aliphatic heterocycles. The smallest absolute Gasteiger partial charge is 0.241 e. The second-order valence-corrected chi connectivity index (χ2v) is 5.02. The highest BCUT2D eigenvalue weighted by Crippen LogP contribution is 2.17. The van der Waals surface area contributed by atoms with Gasteiger partial charge in [0.1, 0.15) is 0 Å². The van der Waals surface area contributed by atoms with E-state index in [9.17, 15) is 4.79 Å². The van der Waals surface area contributed by atoms with Gasteiger partial charge in [-0.25, -0.2) is 0 Å². The van der Waals surface area contributed by atoms with Crippen molar-refractivity contribution in [2.75, 3.05) is 18.0 Å². The van der Waals surface area contributed by atoms with Crippen molar-refractivity contribution in [2.45, 2.75) is 39.5 Å². The van der Waals surface area contributed by atoms with Gasteiger partial charge in [-0.05, 0) is 36.6 Å². The number of benzene rings is 1. The molecule has 1 aromatic carbocycles. The number of primary amides is 1. The van der Waals surface area contributed by atoms with Crippen LogP contribution in [0.15, 0.2) is 30.3 Å². The monoisotopic (exact) mass is 274 g/mol. The number of hydrogen-bond acceptors (Lipinski definition) is 2. The molecule has 0 aliphatic carbocycles. The van der Waals surface area contributed by atoms with Crippen LogP contribution in [0.4, 0.5) is 5.69 Å². The Labute approximate surface area is 122 Å². The number of unbranched alkanes of at least 4 members (excludes halogenated alkanes) is 2. The summed E-state index contributed by atoms with van der Waals surface area (Å²) >= 11 is 0. The van der Waals surface area contributed by atoms with Gasteiger partial charge in [-0.1, -0.05) is 38.8 Å². The maximum absolute atomic E-state index is 10.7. The first-order chi connectivity index (χ1) is 9.67. The van der Waals surface area contributed by atoms with Crippen LogP contribution in [-0.2, 0) is 4.79 Å². The second kappa shape index (κ2) is 9.18. The lowest BCUT2D eigenvalue weighted by Gasteiger charge is -2.24. The lowest BCUT2D eigenvalue weighted by molar-refractivity contribution is -0.113. The average molecular weight is 274 g/mol. The van der Waals surface area contributed by atoms with Gasteiger partial charge in [0.25, 0.3) is 0 Å². The molecule has 1 amide bonds. The number of hydrogen-bond donors (Lipinski definition) is 1. The third kappa shape index (κ3) is 5.91. The molecule has 1 rings (SSSR count). The molecule has 0 saturated carbocycles. The summed E-state index contributed by atoms with van der Waals surface area (Å²) < 4.78 is 0. The zero-order valence-electron chi connectivity index (χ0n) is 12.6. The van der Waals surface area contributed by atoms with Crippen molar-refractivity contribution in [3.05, 3.63) is 35.9 Å². The van der Waals surface area contributed by atoms with E-state index in [-0.39, 0.29) is 0 Å². The summed E-state index contributed by atoms with van der Waals surface area (Å²) in [5.74, 6) is -0.415. The molecule has 0 bridgehead atoms. The van der Waals surface area contributed by atoms with Crippen molar-refractivity contribution in [1.82, 2.24) is 0 Å². The van der Waals surface area contributed by atoms with E-state index in [1.807, 2.05) is 12.1 Å². The molecular formula is C17H26N2O. The lowest BCUT2D eigenvalue weighted by atomic mass is 10.1. The lowest BCUT2D eigenvalue weighted by Crippen LogP contribution is -2.25. The van der Waals surface area contributed by atoms with Crippen LogP contribution in [0, 0.1) is 0 Å². The van der Waals surface area contributed by atoms with Crippen LogP contribution in [0.2, 0.25) is 0 Å². The Morgan fingerprint density at radius 3 is 2.10 bits per heavy atom. The predicted molar refractivity (Wildman–Crippen MR) is 86.7 cm³/mol. The average Bonchev–Trinajstić information content (AvgIpc) is 2.46. The van der Waals surface area contributed by atoms with Gasteiger partial charge in [0.05, 0.1) is 0 Å². The minimum Gasteiger partial charge on any atom is -0.372 e. The molecule has 0 fully saturated rings. The fraction of sp³-hybridized carbons (Fsp3) is 0.471. The molecule has 3 heteroatoms. The minimum atomic E-state index is -0.415. The van der Waals surface area contributed by atoms with E-state index in [1.54, 1.807) is 6.08 Å². The van der Waals surface area contributed by atoms with Crippen LogP contribution in [0.5, 0.6) is 0 Å². The molecule has 110 valence electrons. The largest absolute Gasteiger partial charge is 0.372 e.